The van der Waals surface area contributed by atoms with Gasteiger partial charge in [-0.05, 0) is 30.7 Å². The average Bonchev–Trinajstić information content (AvgIpc) is 3.11. The minimum atomic E-state index is -3.36. The van der Waals surface area contributed by atoms with Gasteiger partial charge in [-0.25, -0.2) is 13.4 Å². The molecular formula is C19H17BrN2O3S2. The molecule has 0 unspecified atom stereocenters. The topological polar surface area (TPSA) is 76.1 Å². The van der Waals surface area contributed by atoms with E-state index in [2.05, 4.69) is 26.2 Å². The van der Waals surface area contributed by atoms with Gasteiger partial charge in [-0.1, -0.05) is 46.3 Å². The molecule has 0 bridgehead atoms. The predicted octanol–water partition coefficient (Wildman–Crippen LogP) is 4.77. The first kappa shape index (κ1) is 19.7. The molecule has 140 valence electrons. The number of carbonyl (C=O) groups is 1. The van der Waals surface area contributed by atoms with Crippen LogP contribution in [-0.2, 0) is 14.6 Å². The van der Waals surface area contributed by atoms with Crippen LogP contribution in [0, 0.1) is 0 Å². The van der Waals surface area contributed by atoms with Gasteiger partial charge in [0.05, 0.1) is 16.3 Å². The van der Waals surface area contributed by atoms with Crippen LogP contribution in [0.3, 0.4) is 0 Å². The number of hydrogen-bond donors (Lipinski definition) is 1. The van der Waals surface area contributed by atoms with Crippen molar-refractivity contribution in [1.82, 2.24) is 4.98 Å². The van der Waals surface area contributed by atoms with E-state index in [4.69, 9.17) is 0 Å². The van der Waals surface area contributed by atoms with E-state index in [1.54, 1.807) is 30.3 Å². The monoisotopic (exact) mass is 464 g/mol. The second-order valence-corrected chi connectivity index (χ2v) is 9.71. The molecule has 3 aromatic rings. The van der Waals surface area contributed by atoms with E-state index in [-0.39, 0.29) is 29.4 Å². The molecule has 3 rings (SSSR count). The van der Waals surface area contributed by atoms with Crippen molar-refractivity contribution in [2.24, 2.45) is 0 Å². The van der Waals surface area contributed by atoms with Crippen LogP contribution in [0.4, 0.5) is 5.13 Å². The number of nitrogens with zero attached hydrogens (tertiary/aromatic N) is 1. The van der Waals surface area contributed by atoms with Crippen molar-refractivity contribution < 1.29 is 13.2 Å². The van der Waals surface area contributed by atoms with Crippen LogP contribution in [-0.4, -0.2) is 25.1 Å². The van der Waals surface area contributed by atoms with Crippen LogP contribution in [0.25, 0.3) is 11.3 Å². The van der Waals surface area contributed by atoms with E-state index >= 15 is 0 Å². The van der Waals surface area contributed by atoms with Gasteiger partial charge >= 0.3 is 0 Å². The number of rotatable bonds is 7. The van der Waals surface area contributed by atoms with Crippen molar-refractivity contribution in [3.63, 3.8) is 0 Å². The lowest BCUT2D eigenvalue weighted by molar-refractivity contribution is -0.116. The molecule has 2 aromatic carbocycles. The van der Waals surface area contributed by atoms with Gasteiger partial charge in [-0.3, -0.25) is 4.79 Å². The molecule has 0 aliphatic heterocycles. The van der Waals surface area contributed by atoms with Crippen LogP contribution in [0.15, 0.2) is 69.3 Å². The Balaban J connectivity index is 1.52. The van der Waals surface area contributed by atoms with Crippen molar-refractivity contribution in [3.05, 3.63) is 64.5 Å². The number of halogens is 1. The molecule has 0 spiro atoms. The van der Waals surface area contributed by atoms with Gasteiger partial charge in [-0.2, -0.15) is 0 Å². The largest absolute Gasteiger partial charge is 0.302 e. The van der Waals surface area contributed by atoms with Crippen molar-refractivity contribution in [2.75, 3.05) is 11.1 Å². The minimum Gasteiger partial charge on any atom is -0.302 e. The number of hydrogen-bond acceptors (Lipinski definition) is 5. The number of carbonyl (C=O) groups excluding carboxylic acids is 1. The third-order valence-corrected chi connectivity index (χ3v) is 6.91. The van der Waals surface area contributed by atoms with Crippen molar-refractivity contribution in [2.45, 2.75) is 17.7 Å². The average molecular weight is 465 g/mol. The molecule has 8 heteroatoms. The summed E-state index contributed by atoms with van der Waals surface area (Å²) in [5.74, 6) is -0.304. The zero-order valence-electron chi connectivity index (χ0n) is 14.3. The van der Waals surface area contributed by atoms with Gasteiger partial charge in [0.25, 0.3) is 0 Å². The molecule has 0 aliphatic rings. The van der Waals surface area contributed by atoms with E-state index in [0.29, 0.717) is 5.13 Å². The van der Waals surface area contributed by atoms with Crippen LogP contribution in [0.5, 0.6) is 0 Å². The first-order valence-corrected chi connectivity index (χ1v) is 11.6. The highest BCUT2D eigenvalue weighted by atomic mass is 79.9. The Bertz CT molecular complexity index is 1020. The molecule has 0 saturated carbocycles. The lowest BCUT2D eigenvalue weighted by Crippen LogP contribution is -2.14. The Kier molecular flexibility index (Phi) is 6.41. The zero-order chi connectivity index (χ0) is 19.3. The molecule has 27 heavy (non-hydrogen) atoms. The number of benzene rings is 2. The highest BCUT2D eigenvalue weighted by molar-refractivity contribution is 9.10. The summed E-state index contributed by atoms with van der Waals surface area (Å²) in [6.45, 7) is 0. The van der Waals surface area contributed by atoms with Crippen molar-refractivity contribution in [1.29, 1.82) is 0 Å². The Labute approximate surface area is 170 Å². The third kappa shape index (κ3) is 5.47. The van der Waals surface area contributed by atoms with Crippen LogP contribution >= 0.6 is 27.3 Å². The lowest BCUT2D eigenvalue weighted by atomic mass is 10.2. The van der Waals surface area contributed by atoms with Crippen LogP contribution in [0.1, 0.15) is 12.8 Å². The Hall–Kier alpha value is -2.03. The minimum absolute atomic E-state index is 0.0631. The smallest absolute Gasteiger partial charge is 0.226 e. The molecule has 1 amide bonds. The summed E-state index contributed by atoms with van der Waals surface area (Å²) >= 11 is 4.73. The van der Waals surface area contributed by atoms with Crippen LogP contribution < -0.4 is 5.32 Å². The molecular weight excluding hydrogens is 448 g/mol. The summed E-state index contributed by atoms with van der Waals surface area (Å²) in [4.78, 5) is 16.8. The van der Waals surface area contributed by atoms with E-state index in [0.717, 1.165) is 15.7 Å². The van der Waals surface area contributed by atoms with E-state index in [9.17, 15) is 13.2 Å². The summed E-state index contributed by atoms with van der Waals surface area (Å²) < 4.78 is 25.4. The second-order valence-electron chi connectivity index (χ2n) is 5.83. The second kappa shape index (κ2) is 8.77. The number of aromatic nitrogens is 1. The quantitative estimate of drug-likeness (QED) is 0.546. The van der Waals surface area contributed by atoms with Crippen LogP contribution in [0.2, 0.25) is 0 Å². The zero-order valence-corrected chi connectivity index (χ0v) is 17.5. The van der Waals surface area contributed by atoms with Gasteiger partial charge < -0.3 is 5.32 Å². The highest BCUT2D eigenvalue weighted by Gasteiger charge is 2.15. The first-order chi connectivity index (χ1) is 12.9. The predicted molar refractivity (Wildman–Crippen MR) is 112 cm³/mol. The molecule has 0 saturated heterocycles. The molecule has 0 radical (unpaired) electrons. The Morgan fingerprint density at radius 1 is 1.07 bits per heavy atom. The van der Waals surface area contributed by atoms with E-state index in [1.807, 2.05) is 29.6 Å². The third-order valence-electron chi connectivity index (χ3n) is 3.81. The molecule has 5 nitrogen and oxygen atoms in total. The lowest BCUT2D eigenvalue weighted by Gasteiger charge is -2.04. The number of thiazole rings is 1. The SMILES string of the molecule is O=C(CCCS(=O)(=O)c1ccccc1)Nc1nc(-c2ccc(Br)cc2)cs1. The fraction of sp³-hybridized carbons (Fsp3) is 0.158. The standard InChI is InChI=1S/C19H17BrN2O3S2/c20-15-10-8-14(9-11-15)17-13-26-19(21-17)22-18(23)7-4-12-27(24,25)16-5-2-1-3-6-16/h1-3,5-6,8-11,13H,4,7,12H2,(H,21,22,23). The summed E-state index contributed by atoms with van der Waals surface area (Å²) in [5, 5.41) is 5.11. The number of anilines is 1. The molecule has 1 N–H and O–H groups in total. The van der Waals surface area contributed by atoms with Gasteiger partial charge in [0.15, 0.2) is 15.0 Å². The van der Waals surface area contributed by atoms with Gasteiger partial charge in [-0.15, -0.1) is 11.3 Å². The molecule has 1 heterocycles. The molecule has 0 aliphatic carbocycles. The Morgan fingerprint density at radius 3 is 2.48 bits per heavy atom. The maximum Gasteiger partial charge on any atom is 0.226 e. The van der Waals surface area contributed by atoms with Crippen molar-refractivity contribution in [3.8, 4) is 11.3 Å². The van der Waals surface area contributed by atoms with Crippen molar-refractivity contribution >= 4 is 48.1 Å². The first-order valence-electron chi connectivity index (χ1n) is 8.23. The maximum absolute atomic E-state index is 12.2. The van der Waals surface area contributed by atoms with Gasteiger partial charge in [0.2, 0.25) is 5.91 Å². The summed E-state index contributed by atoms with van der Waals surface area (Å²) in [6, 6.07) is 16.0. The maximum atomic E-state index is 12.2. The number of amides is 1. The van der Waals surface area contributed by atoms with Gasteiger partial charge in [0, 0.05) is 21.8 Å². The Morgan fingerprint density at radius 2 is 1.78 bits per heavy atom. The van der Waals surface area contributed by atoms with Gasteiger partial charge in [0.1, 0.15) is 0 Å². The number of sulfone groups is 1. The van der Waals surface area contributed by atoms with E-state index in [1.165, 1.54) is 11.3 Å². The summed E-state index contributed by atoms with van der Waals surface area (Å²) in [7, 11) is -3.36. The highest BCUT2D eigenvalue weighted by Crippen LogP contribution is 2.26. The molecule has 0 fully saturated rings. The fourth-order valence-electron chi connectivity index (χ4n) is 2.43. The number of nitrogens with one attached hydrogen (secondary N) is 1. The fourth-order valence-corrected chi connectivity index (χ4v) is 4.77. The molecule has 0 atom stereocenters. The summed E-state index contributed by atoms with van der Waals surface area (Å²) in [5.41, 5.74) is 1.75. The molecule has 1 aromatic heterocycles. The summed E-state index contributed by atoms with van der Waals surface area (Å²) in [6.07, 6.45) is 0.382. The van der Waals surface area contributed by atoms with E-state index < -0.39 is 9.84 Å². The normalized spacial score (nSPS) is 11.3.